The molecule has 0 unspecified atom stereocenters. The number of aryl methyl sites for hydroxylation is 1. The Hall–Kier alpha value is -2.51. The average molecular weight is 389 g/mol. The van der Waals surface area contributed by atoms with Gasteiger partial charge in [0.15, 0.2) is 6.10 Å². The Morgan fingerprint density at radius 3 is 2.22 bits per heavy atom. The number of ether oxygens (including phenoxy) is 1. The molecule has 0 bridgehead atoms. The minimum absolute atomic E-state index is 0.0175. The summed E-state index contributed by atoms with van der Waals surface area (Å²) >= 11 is 0. The lowest BCUT2D eigenvalue weighted by Crippen LogP contribution is -2.25. The van der Waals surface area contributed by atoms with Crippen molar-refractivity contribution in [3.05, 3.63) is 65.2 Å². The predicted molar refractivity (Wildman–Crippen MR) is 102 cm³/mol. The minimum Gasteiger partial charge on any atom is -0.451 e. The Morgan fingerprint density at radius 2 is 1.67 bits per heavy atom. The minimum atomic E-state index is -3.67. The first-order valence-electron chi connectivity index (χ1n) is 8.53. The number of Topliss-reactive ketones (excluding diaryl/α,β-unsaturated/α-hetero) is 1. The highest BCUT2D eigenvalue weighted by molar-refractivity contribution is 7.89. The SMILES string of the molecule is CCc1ccc(C(=O)[C@H](C)OC(=O)c2cccc(S(=O)(=O)N(C)C)c2)cc1. The summed E-state index contributed by atoms with van der Waals surface area (Å²) in [4.78, 5) is 24.8. The van der Waals surface area contributed by atoms with Crippen LogP contribution < -0.4 is 0 Å². The molecule has 2 aromatic rings. The summed E-state index contributed by atoms with van der Waals surface area (Å²) < 4.78 is 30.7. The molecule has 2 aromatic carbocycles. The highest BCUT2D eigenvalue weighted by Crippen LogP contribution is 2.17. The van der Waals surface area contributed by atoms with Gasteiger partial charge in [0.25, 0.3) is 0 Å². The molecule has 6 nitrogen and oxygen atoms in total. The fourth-order valence-electron chi connectivity index (χ4n) is 2.42. The number of sulfonamides is 1. The van der Waals surface area contributed by atoms with Crippen molar-refractivity contribution in [2.75, 3.05) is 14.1 Å². The van der Waals surface area contributed by atoms with Crippen LogP contribution in [0.5, 0.6) is 0 Å². The van der Waals surface area contributed by atoms with Gasteiger partial charge in [0.1, 0.15) is 0 Å². The normalized spacial score (nSPS) is 12.6. The van der Waals surface area contributed by atoms with Crippen LogP contribution in [0.1, 0.15) is 40.1 Å². The van der Waals surface area contributed by atoms with Crippen molar-refractivity contribution >= 4 is 21.8 Å². The van der Waals surface area contributed by atoms with Gasteiger partial charge in [-0.1, -0.05) is 37.3 Å². The number of benzene rings is 2. The van der Waals surface area contributed by atoms with Crippen LogP contribution in [0, 0.1) is 0 Å². The van der Waals surface area contributed by atoms with E-state index in [-0.39, 0.29) is 16.2 Å². The molecule has 2 rings (SSSR count). The first kappa shape index (κ1) is 20.8. The first-order chi connectivity index (χ1) is 12.7. The monoisotopic (exact) mass is 389 g/mol. The molecule has 0 aliphatic carbocycles. The zero-order valence-corrected chi connectivity index (χ0v) is 16.6. The predicted octanol–water partition coefficient (Wildman–Crippen LogP) is 2.93. The second kappa shape index (κ2) is 8.45. The summed E-state index contributed by atoms with van der Waals surface area (Å²) in [6.07, 6.45) is -0.121. The van der Waals surface area contributed by atoms with Crippen LogP contribution in [0.25, 0.3) is 0 Å². The van der Waals surface area contributed by atoms with Crippen molar-refractivity contribution in [3.63, 3.8) is 0 Å². The van der Waals surface area contributed by atoms with Crippen LogP contribution >= 0.6 is 0 Å². The van der Waals surface area contributed by atoms with Gasteiger partial charge >= 0.3 is 5.97 Å². The standard InChI is InChI=1S/C20H23NO5S/c1-5-15-9-11-16(12-10-15)19(22)14(2)26-20(23)17-7-6-8-18(13-17)27(24,25)21(3)4/h6-14H,5H2,1-4H3/t14-/m0/s1. The lowest BCUT2D eigenvalue weighted by atomic mass is 10.0. The van der Waals surface area contributed by atoms with Crippen molar-refractivity contribution in [1.29, 1.82) is 0 Å². The average Bonchev–Trinajstić information content (AvgIpc) is 2.67. The molecule has 0 heterocycles. The maximum absolute atomic E-state index is 12.4. The van der Waals surface area contributed by atoms with Gasteiger partial charge in [-0.25, -0.2) is 17.5 Å². The van der Waals surface area contributed by atoms with Crippen LogP contribution in [0.2, 0.25) is 0 Å². The summed E-state index contributed by atoms with van der Waals surface area (Å²) in [5.74, 6) is -1.07. The van der Waals surface area contributed by atoms with Crippen molar-refractivity contribution < 1.29 is 22.7 Å². The van der Waals surface area contributed by atoms with E-state index in [0.29, 0.717) is 5.56 Å². The molecule has 0 aliphatic rings. The van der Waals surface area contributed by atoms with E-state index in [2.05, 4.69) is 0 Å². The molecule has 144 valence electrons. The molecule has 0 saturated heterocycles. The van der Waals surface area contributed by atoms with Gasteiger partial charge in [-0.2, -0.15) is 0 Å². The van der Waals surface area contributed by atoms with E-state index in [9.17, 15) is 18.0 Å². The highest BCUT2D eigenvalue weighted by Gasteiger charge is 2.23. The number of ketones is 1. The Bertz CT molecular complexity index is 933. The van der Waals surface area contributed by atoms with Crippen LogP contribution in [-0.2, 0) is 21.2 Å². The molecular weight excluding hydrogens is 366 g/mol. The van der Waals surface area contributed by atoms with Gasteiger partial charge in [0.05, 0.1) is 10.5 Å². The molecule has 0 aliphatic heterocycles. The van der Waals surface area contributed by atoms with Gasteiger partial charge in [-0.3, -0.25) is 4.79 Å². The van der Waals surface area contributed by atoms with Crippen molar-refractivity contribution in [2.24, 2.45) is 0 Å². The smallest absolute Gasteiger partial charge is 0.338 e. The zero-order chi connectivity index (χ0) is 20.2. The number of carbonyl (C=O) groups is 2. The van der Waals surface area contributed by atoms with E-state index >= 15 is 0 Å². The van der Waals surface area contributed by atoms with E-state index < -0.39 is 22.1 Å². The summed E-state index contributed by atoms with van der Waals surface area (Å²) in [6, 6.07) is 12.7. The number of esters is 1. The lowest BCUT2D eigenvalue weighted by Gasteiger charge is -2.14. The second-order valence-corrected chi connectivity index (χ2v) is 8.43. The largest absolute Gasteiger partial charge is 0.451 e. The third-order valence-electron chi connectivity index (χ3n) is 4.15. The fourth-order valence-corrected chi connectivity index (χ4v) is 3.36. The third-order valence-corrected chi connectivity index (χ3v) is 5.96. The number of carbonyl (C=O) groups excluding carboxylic acids is 2. The molecular formula is C20H23NO5S. The molecule has 0 radical (unpaired) electrons. The van der Waals surface area contributed by atoms with Crippen molar-refractivity contribution in [1.82, 2.24) is 4.31 Å². The Morgan fingerprint density at radius 1 is 1.04 bits per heavy atom. The summed E-state index contributed by atoms with van der Waals surface area (Å²) in [5, 5.41) is 0. The molecule has 0 fully saturated rings. The number of hydrogen-bond acceptors (Lipinski definition) is 5. The number of rotatable bonds is 7. The van der Waals surface area contributed by atoms with Gasteiger partial charge in [0.2, 0.25) is 15.8 Å². The second-order valence-electron chi connectivity index (χ2n) is 6.28. The molecule has 1 atom stereocenters. The van der Waals surface area contributed by atoms with Crippen LogP contribution in [0.4, 0.5) is 0 Å². The van der Waals surface area contributed by atoms with Gasteiger partial charge in [-0.05, 0) is 37.1 Å². The molecule has 7 heteroatoms. The third kappa shape index (κ3) is 4.81. The topological polar surface area (TPSA) is 80.8 Å². The number of hydrogen-bond donors (Lipinski definition) is 0. The van der Waals surface area contributed by atoms with Crippen molar-refractivity contribution in [3.8, 4) is 0 Å². The summed E-state index contributed by atoms with van der Waals surface area (Å²) in [5.41, 5.74) is 1.63. The van der Waals surface area contributed by atoms with Gasteiger partial charge < -0.3 is 4.74 Å². The maximum Gasteiger partial charge on any atom is 0.338 e. The molecule has 0 spiro atoms. The Kier molecular flexibility index (Phi) is 6.51. The summed E-state index contributed by atoms with van der Waals surface area (Å²) in [7, 11) is -0.853. The van der Waals surface area contributed by atoms with E-state index in [4.69, 9.17) is 4.74 Å². The molecule has 0 saturated carbocycles. The van der Waals surface area contributed by atoms with E-state index in [1.54, 1.807) is 12.1 Å². The molecule has 0 amide bonds. The fraction of sp³-hybridized carbons (Fsp3) is 0.300. The van der Waals surface area contributed by atoms with E-state index in [1.165, 1.54) is 45.3 Å². The highest BCUT2D eigenvalue weighted by atomic mass is 32.2. The Labute approximate surface area is 159 Å². The molecule has 27 heavy (non-hydrogen) atoms. The number of nitrogens with zero attached hydrogens (tertiary/aromatic N) is 1. The van der Waals surface area contributed by atoms with E-state index in [1.807, 2.05) is 19.1 Å². The lowest BCUT2D eigenvalue weighted by molar-refractivity contribution is 0.0318. The van der Waals surface area contributed by atoms with Crippen LogP contribution in [0.3, 0.4) is 0 Å². The van der Waals surface area contributed by atoms with Gasteiger partial charge in [-0.15, -0.1) is 0 Å². The Balaban J connectivity index is 2.15. The van der Waals surface area contributed by atoms with Gasteiger partial charge in [0, 0.05) is 19.7 Å². The van der Waals surface area contributed by atoms with Crippen LogP contribution in [-0.4, -0.2) is 44.7 Å². The first-order valence-corrected chi connectivity index (χ1v) is 9.97. The zero-order valence-electron chi connectivity index (χ0n) is 15.8. The molecule has 0 aromatic heterocycles. The van der Waals surface area contributed by atoms with Crippen molar-refractivity contribution in [2.45, 2.75) is 31.3 Å². The molecule has 0 N–H and O–H groups in total. The quantitative estimate of drug-likeness (QED) is 0.537. The van der Waals surface area contributed by atoms with Crippen LogP contribution in [0.15, 0.2) is 53.4 Å². The maximum atomic E-state index is 12.4. The summed E-state index contributed by atoms with van der Waals surface area (Å²) in [6.45, 7) is 3.51. The van der Waals surface area contributed by atoms with E-state index in [0.717, 1.165) is 16.3 Å².